The van der Waals surface area contributed by atoms with E-state index in [1.165, 1.54) is 40.5 Å². The van der Waals surface area contributed by atoms with E-state index in [1.54, 1.807) is 6.08 Å². The Balaban J connectivity index is 1.93. The van der Waals surface area contributed by atoms with Crippen molar-refractivity contribution in [3.05, 3.63) is 57.4 Å². The van der Waals surface area contributed by atoms with Gasteiger partial charge in [0.05, 0.1) is 10.6 Å². The average molecular weight is 304 g/mol. The molecule has 0 radical (unpaired) electrons. The van der Waals surface area contributed by atoms with Gasteiger partial charge in [0.25, 0.3) is 5.91 Å². The van der Waals surface area contributed by atoms with Gasteiger partial charge in [-0.05, 0) is 53.5 Å². The molecule has 0 unspecified atom stereocenters. The highest BCUT2D eigenvalue weighted by atomic mass is 32.2. The van der Waals surface area contributed by atoms with Gasteiger partial charge in [0, 0.05) is 4.88 Å². The van der Waals surface area contributed by atoms with Crippen LogP contribution < -0.4 is 4.90 Å². The maximum atomic E-state index is 12.9. The highest BCUT2D eigenvalue weighted by Crippen LogP contribution is 2.35. The van der Waals surface area contributed by atoms with Gasteiger partial charge in [-0.25, -0.2) is 4.39 Å². The summed E-state index contributed by atoms with van der Waals surface area (Å²) in [7, 11) is 0. The standard InChI is InChI=1S/C14H9FN2OS2/c15-9-3-5-10(6-4-9)17-13(18)12(20-14(17)16)8-11-2-1-7-19-11/h1-8,16H/b12-8-,16-14?. The highest BCUT2D eigenvalue weighted by molar-refractivity contribution is 8.19. The number of anilines is 1. The first-order valence-corrected chi connectivity index (χ1v) is 7.46. The Labute approximate surface area is 123 Å². The molecule has 1 aromatic carbocycles. The molecule has 1 fully saturated rings. The van der Waals surface area contributed by atoms with E-state index in [0.717, 1.165) is 16.6 Å². The smallest absolute Gasteiger partial charge is 0.271 e. The SMILES string of the molecule is N=C1S/C(=C\c2cccs2)C(=O)N1c1ccc(F)cc1. The number of benzene rings is 1. The van der Waals surface area contributed by atoms with Gasteiger partial charge in [-0.1, -0.05) is 6.07 Å². The monoisotopic (exact) mass is 304 g/mol. The zero-order valence-corrected chi connectivity index (χ0v) is 11.8. The molecule has 0 bridgehead atoms. The first-order chi connectivity index (χ1) is 9.65. The number of rotatable bonds is 2. The first-order valence-electron chi connectivity index (χ1n) is 5.77. The Bertz CT molecular complexity index is 692. The zero-order chi connectivity index (χ0) is 14.1. The Morgan fingerprint density at radius 1 is 1.20 bits per heavy atom. The van der Waals surface area contributed by atoms with Gasteiger partial charge >= 0.3 is 0 Å². The minimum atomic E-state index is -0.367. The fraction of sp³-hybridized carbons (Fsp3) is 0. The first kappa shape index (κ1) is 13.1. The third-order valence-corrected chi connectivity index (χ3v) is 4.43. The number of amides is 1. The van der Waals surface area contributed by atoms with Crippen molar-refractivity contribution in [2.45, 2.75) is 0 Å². The summed E-state index contributed by atoms with van der Waals surface area (Å²) in [5, 5.41) is 9.98. The maximum absolute atomic E-state index is 12.9. The lowest BCUT2D eigenvalue weighted by molar-refractivity contribution is -0.113. The number of amidine groups is 1. The van der Waals surface area contributed by atoms with E-state index in [0.29, 0.717) is 10.6 Å². The van der Waals surface area contributed by atoms with Crippen LogP contribution in [0.5, 0.6) is 0 Å². The summed E-state index contributed by atoms with van der Waals surface area (Å²) in [5.74, 6) is -0.617. The van der Waals surface area contributed by atoms with Crippen molar-refractivity contribution in [3.8, 4) is 0 Å². The molecule has 3 rings (SSSR count). The van der Waals surface area contributed by atoms with E-state index < -0.39 is 0 Å². The molecule has 0 saturated carbocycles. The topological polar surface area (TPSA) is 44.2 Å². The quantitative estimate of drug-likeness (QED) is 0.854. The molecule has 100 valence electrons. The molecular weight excluding hydrogens is 295 g/mol. The van der Waals surface area contributed by atoms with E-state index in [-0.39, 0.29) is 16.9 Å². The fourth-order valence-corrected chi connectivity index (χ4v) is 3.40. The zero-order valence-electron chi connectivity index (χ0n) is 10.2. The maximum Gasteiger partial charge on any atom is 0.271 e. The van der Waals surface area contributed by atoms with Crippen molar-refractivity contribution in [2.24, 2.45) is 0 Å². The summed E-state index contributed by atoms with van der Waals surface area (Å²) in [6.07, 6.45) is 1.77. The van der Waals surface area contributed by atoms with Gasteiger partial charge < -0.3 is 0 Å². The van der Waals surface area contributed by atoms with E-state index in [4.69, 9.17) is 5.41 Å². The molecule has 0 spiro atoms. The highest BCUT2D eigenvalue weighted by Gasteiger charge is 2.33. The van der Waals surface area contributed by atoms with Gasteiger partial charge in [-0.2, -0.15) is 0 Å². The molecule has 1 N–H and O–H groups in total. The number of carbonyl (C=O) groups is 1. The minimum Gasteiger partial charge on any atom is -0.278 e. The number of hydrogen-bond donors (Lipinski definition) is 1. The summed E-state index contributed by atoms with van der Waals surface area (Å²) >= 11 is 2.64. The second kappa shape index (κ2) is 5.22. The summed E-state index contributed by atoms with van der Waals surface area (Å²) in [4.78, 5) is 15.1. The molecule has 1 amide bonds. The van der Waals surface area contributed by atoms with Gasteiger partial charge in [-0.3, -0.25) is 15.1 Å². The Kier molecular flexibility index (Phi) is 3.42. The van der Waals surface area contributed by atoms with Crippen LogP contribution in [-0.2, 0) is 4.79 Å². The van der Waals surface area contributed by atoms with E-state index >= 15 is 0 Å². The summed E-state index contributed by atoms with van der Waals surface area (Å²) in [5.41, 5.74) is 0.503. The third kappa shape index (κ3) is 2.39. The van der Waals surface area contributed by atoms with Crippen LogP contribution in [0, 0.1) is 11.2 Å². The van der Waals surface area contributed by atoms with Crippen LogP contribution in [0.15, 0.2) is 46.7 Å². The van der Waals surface area contributed by atoms with Crippen LogP contribution in [0.1, 0.15) is 4.88 Å². The minimum absolute atomic E-state index is 0.129. The van der Waals surface area contributed by atoms with Crippen molar-refractivity contribution in [1.82, 2.24) is 0 Å². The molecule has 0 atom stereocenters. The van der Waals surface area contributed by atoms with Crippen molar-refractivity contribution < 1.29 is 9.18 Å². The van der Waals surface area contributed by atoms with Crippen LogP contribution in [-0.4, -0.2) is 11.1 Å². The van der Waals surface area contributed by atoms with Crippen molar-refractivity contribution in [3.63, 3.8) is 0 Å². The molecule has 2 aromatic rings. The molecule has 1 aliphatic heterocycles. The number of nitrogens with one attached hydrogen (secondary N) is 1. The molecule has 6 heteroatoms. The predicted octanol–water partition coefficient (Wildman–Crippen LogP) is 3.94. The number of thioether (sulfide) groups is 1. The van der Waals surface area contributed by atoms with Crippen molar-refractivity contribution in [1.29, 1.82) is 5.41 Å². The average Bonchev–Trinajstić information content (AvgIpc) is 3.02. The van der Waals surface area contributed by atoms with Gasteiger partial charge in [0.2, 0.25) is 0 Å². The van der Waals surface area contributed by atoms with Crippen LogP contribution >= 0.6 is 23.1 Å². The molecule has 1 aromatic heterocycles. The molecule has 0 aliphatic carbocycles. The van der Waals surface area contributed by atoms with Crippen molar-refractivity contribution >= 4 is 45.9 Å². The number of hydrogen-bond acceptors (Lipinski definition) is 4. The second-order valence-corrected chi connectivity index (χ2v) is 6.06. The van der Waals surface area contributed by atoms with Crippen LogP contribution in [0.3, 0.4) is 0 Å². The van der Waals surface area contributed by atoms with Crippen molar-refractivity contribution in [2.75, 3.05) is 4.90 Å². The van der Waals surface area contributed by atoms with Crippen LogP contribution in [0.4, 0.5) is 10.1 Å². The molecule has 3 nitrogen and oxygen atoms in total. The lowest BCUT2D eigenvalue weighted by Gasteiger charge is -2.13. The van der Waals surface area contributed by atoms with Gasteiger partial charge in [0.15, 0.2) is 5.17 Å². The predicted molar refractivity (Wildman–Crippen MR) is 81.5 cm³/mol. The van der Waals surface area contributed by atoms with Crippen LogP contribution in [0.2, 0.25) is 0 Å². The Morgan fingerprint density at radius 3 is 2.60 bits per heavy atom. The number of nitrogens with zero attached hydrogens (tertiary/aromatic N) is 1. The summed E-state index contributed by atoms with van der Waals surface area (Å²) < 4.78 is 12.9. The second-order valence-electron chi connectivity index (χ2n) is 4.05. The summed E-state index contributed by atoms with van der Waals surface area (Å²) in [6.45, 7) is 0. The Hall–Kier alpha value is -1.92. The number of thiophene rings is 1. The van der Waals surface area contributed by atoms with E-state index in [9.17, 15) is 9.18 Å². The normalized spacial score (nSPS) is 17.2. The summed E-state index contributed by atoms with van der Waals surface area (Å²) in [6, 6.07) is 9.37. The molecule has 20 heavy (non-hydrogen) atoms. The lowest BCUT2D eigenvalue weighted by Crippen LogP contribution is -2.28. The largest absolute Gasteiger partial charge is 0.278 e. The van der Waals surface area contributed by atoms with E-state index in [2.05, 4.69) is 0 Å². The van der Waals surface area contributed by atoms with E-state index in [1.807, 2.05) is 17.5 Å². The van der Waals surface area contributed by atoms with Crippen LogP contribution in [0.25, 0.3) is 6.08 Å². The number of halogens is 1. The molecule has 2 heterocycles. The molecule has 1 aliphatic rings. The van der Waals surface area contributed by atoms with Gasteiger partial charge in [-0.15, -0.1) is 11.3 Å². The number of carbonyl (C=O) groups excluding carboxylic acids is 1. The molecular formula is C14H9FN2OS2. The molecule has 1 saturated heterocycles. The lowest BCUT2D eigenvalue weighted by atomic mass is 10.3. The third-order valence-electron chi connectivity index (χ3n) is 2.72. The van der Waals surface area contributed by atoms with Gasteiger partial charge in [0.1, 0.15) is 5.82 Å². The Morgan fingerprint density at radius 2 is 1.95 bits per heavy atom. The fourth-order valence-electron chi connectivity index (χ4n) is 1.81.